The summed E-state index contributed by atoms with van der Waals surface area (Å²) in [7, 11) is 2.15. The molecule has 2 aliphatic rings. The highest BCUT2D eigenvalue weighted by atomic mass is 16.2. The van der Waals surface area contributed by atoms with Crippen molar-refractivity contribution in [3.8, 4) is 0 Å². The number of piperidine rings is 1. The zero-order valence-corrected chi connectivity index (χ0v) is 10.6. The average Bonchev–Trinajstić information content (AvgIpc) is 2.64. The Morgan fingerprint density at radius 2 is 2.06 bits per heavy atom. The summed E-state index contributed by atoms with van der Waals surface area (Å²) in [5.41, 5.74) is 0. The molecule has 0 aromatic rings. The molecule has 0 bridgehead atoms. The van der Waals surface area contributed by atoms with Gasteiger partial charge in [-0.2, -0.15) is 0 Å². The van der Waals surface area contributed by atoms with Crippen LogP contribution < -0.4 is 0 Å². The number of carbonyl (C=O) groups is 1. The molecule has 3 nitrogen and oxygen atoms in total. The highest BCUT2D eigenvalue weighted by Gasteiger charge is 2.26. The summed E-state index contributed by atoms with van der Waals surface area (Å²) in [5.74, 6) is 1.70. The van der Waals surface area contributed by atoms with Crippen molar-refractivity contribution in [2.45, 2.75) is 32.6 Å². The largest absolute Gasteiger partial charge is 0.342 e. The summed E-state index contributed by atoms with van der Waals surface area (Å²) in [6.07, 6.45) is 4.45. The Labute approximate surface area is 98.8 Å². The molecule has 2 atom stereocenters. The van der Waals surface area contributed by atoms with Gasteiger partial charge >= 0.3 is 0 Å². The number of carbonyl (C=O) groups excluding carboxylic acids is 1. The topological polar surface area (TPSA) is 23.6 Å². The Hall–Kier alpha value is -0.570. The fourth-order valence-electron chi connectivity index (χ4n) is 2.98. The van der Waals surface area contributed by atoms with Crippen molar-refractivity contribution in [1.82, 2.24) is 9.80 Å². The number of likely N-dealkylation sites (tertiary alicyclic amines) is 2. The van der Waals surface area contributed by atoms with E-state index in [4.69, 9.17) is 0 Å². The van der Waals surface area contributed by atoms with Crippen molar-refractivity contribution >= 4 is 5.91 Å². The second kappa shape index (κ2) is 5.17. The van der Waals surface area contributed by atoms with Crippen molar-refractivity contribution < 1.29 is 4.79 Å². The van der Waals surface area contributed by atoms with E-state index in [1.54, 1.807) is 0 Å². The fourth-order valence-corrected chi connectivity index (χ4v) is 2.98. The second-order valence-electron chi connectivity index (χ2n) is 5.71. The van der Waals surface area contributed by atoms with Crippen LogP contribution in [0.15, 0.2) is 0 Å². The van der Waals surface area contributed by atoms with E-state index in [-0.39, 0.29) is 0 Å². The summed E-state index contributed by atoms with van der Waals surface area (Å²) >= 11 is 0. The van der Waals surface area contributed by atoms with Crippen LogP contribution >= 0.6 is 0 Å². The van der Waals surface area contributed by atoms with E-state index in [9.17, 15) is 4.79 Å². The molecular weight excluding hydrogens is 200 g/mol. The lowest BCUT2D eigenvalue weighted by molar-refractivity contribution is -0.133. The van der Waals surface area contributed by atoms with Crippen LogP contribution in [0, 0.1) is 11.8 Å². The number of amides is 1. The number of nitrogens with zero attached hydrogens (tertiary/aromatic N) is 2. The molecule has 2 rings (SSSR count). The van der Waals surface area contributed by atoms with Crippen molar-refractivity contribution in [2.24, 2.45) is 11.8 Å². The predicted molar refractivity (Wildman–Crippen MR) is 65.2 cm³/mol. The first-order chi connectivity index (χ1) is 7.65. The summed E-state index contributed by atoms with van der Waals surface area (Å²) < 4.78 is 0. The van der Waals surface area contributed by atoms with Gasteiger partial charge in [-0.05, 0) is 44.7 Å². The molecule has 2 saturated heterocycles. The van der Waals surface area contributed by atoms with Gasteiger partial charge in [0.2, 0.25) is 5.91 Å². The first-order valence-corrected chi connectivity index (χ1v) is 6.61. The highest BCUT2D eigenvalue weighted by molar-refractivity contribution is 5.76. The van der Waals surface area contributed by atoms with Gasteiger partial charge < -0.3 is 9.80 Å². The third kappa shape index (κ3) is 2.97. The molecule has 0 N–H and O–H groups in total. The highest BCUT2D eigenvalue weighted by Crippen LogP contribution is 2.21. The summed E-state index contributed by atoms with van der Waals surface area (Å²) in [4.78, 5) is 16.5. The lowest BCUT2D eigenvalue weighted by Crippen LogP contribution is -2.40. The van der Waals surface area contributed by atoms with E-state index in [1.165, 1.54) is 19.3 Å². The monoisotopic (exact) mass is 224 g/mol. The van der Waals surface area contributed by atoms with Gasteiger partial charge in [-0.15, -0.1) is 0 Å². The van der Waals surface area contributed by atoms with Gasteiger partial charge in [-0.3, -0.25) is 4.79 Å². The van der Waals surface area contributed by atoms with E-state index < -0.39 is 0 Å². The maximum atomic E-state index is 12.1. The minimum absolute atomic E-state index is 0.395. The molecular formula is C13H24N2O. The van der Waals surface area contributed by atoms with Crippen molar-refractivity contribution in [1.29, 1.82) is 0 Å². The van der Waals surface area contributed by atoms with Gasteiger partial charge in [0.1, 0.15) is 0 Å². The predicted octanol–water partition coefficient (Wildman–Crippen LogP) is 1.59. The number of hydrogen-bond donors (Lipinski definition) is 0. The molecule has 0 saturated carbocycles. The van der Waals surface area contributed by atoms with E-state index in [0.29, 0.717) is 17.7 Å². The van der Waals surface area contributed by atoms with Crippen molar-refractivity contribution in [2.75, 3.05) is 33.2 Å². The molecule has 2 fully saturated rings. The molecule has 0 aromatic carbocycles. The SMILES string of the molecule is CC1CCCN(C(=O)CC2CCN(C)C2)C1. The van der Waals surface area contributed by atoms with Crippen LogP contribution in [0.5, 0.6) is 0 Å². The molecule has 16 heavy (non-hydrogen) atoms. The maximum Gasteiger partial charge on any atom is 0.222 e. The van der Waals surface area contributed by atoms with Crippen LogP contribution in [0.3, 0.4) is 0 Å². The van der Waals surface area contributed by atoms with Gasteiger partial charge in [-0.25, -0.2) is 0 Å². The molecule has 3 heteroatoms. The van der Waals surface area contributed by atoms with Gasteiger partial charge in [-0.1, -0.05) is 6.92 Å². The molecule has 2 unspecified atom stereocenters. The number of rotatable bonds is 2. The molecule has 0 radical (unpaired) electrons. The molecule has 1 amide bonds. The molecule has 92 valence electrons. The Balaban J connectivity index is 1.78. The van der Waals surface area contributed by atoms with Gasteiger partial charge in [0.25, 0.3) is 0 Å². The Morgan fingerprint density at radius 1 is 1.25 bits per heavy atom. The quantitative estimate of drug-likeness (QED) is 0.711. The molecule has 2 aliphatic heterocycles. The number of hydrogen-bond acceptors (Lipinski definition) is 2. The van der Waals surface area contributed by atoms with E-state index in [0.717, 1.165) is 32.6 Å². The zero-order valence-electron chi connectivity index (χ0n) is 10.6. The van der Waals surface area contributed by atoms with Crippen LogP contribution in [0.2, 0.25) is 0 Å². The third-order valence-corrected chi connectivity index (χ3v) is 3.96. The lowest BCUT2D eigenvalue weighted by Gasteiger charge is -2.31. The Bertz CT molecular complexity index is 254. The van der Waals surface area contributed by atoms with Crippen LogP contribution in [-0.2, 0) is 4.79 Å². The summed E-state index contributed by atoms with van der Waals surface area (Å²) in [6, 6.07) is 0. The molecule has 0 aliphatic carbocycles. The van der Waals surface area contributed by atoms with E-state index in [2.05, 4.69) is 23.8 Å². The standard InChI is InChI=1S/C13H24N2O/c1-11-4-3-6-15(9-11)13(16)8-12-5-7-14(2)10-12/h11-12H,3-10H2,1-2H3. The van der Waals surface area contributed by atoms with Crippen LogP contribution in [0.1, 0.15) is 32.6 Å². The molecule has 0 spiro atoms. The first-order valence-electron chi connectivity index (χ1n) is 6.61. The van der Waals surface area contributed by atoms with Crippen molar-refractivity contribution in [3.05, 3.63) is 0 Å². The van der Waals surface area contributed by atoms with E-state index >= 15 is 0 Å². The van der Waals surface area contributed by atoms with Gasteiger partial charge in [0, 0.05) is 26.1 Å². The minimum Gasteiger partial charge on any atom is -0.342 e. The molecule has 0 aromatic heterocycles. The van der Waals surface area contributed by atoms with E-state index in [1.807, 2.05) is 0 Å². The third-order valence-electron chi connectivity index (χ3n) is 3.96. The normalized spacial score (nSPS) is 32.0. The average molecular weight is 224 g/mol. The van der Waals surface area contributed by atoms with Crippen molar-refractivity contribution in [3.63, 3.8) is 0 Å². The second-order valence-corrected chi connectivity index (χ2v) is 5.71. The fraction of sp³-hybridized carbons (Fsp3) is 0.923. The maximum absolute atomic E-state index is 12.1. The van der Waals surface area contributed by atoms with Crippen LogP contribution in [-0.4, -0.2) is 48.9 Å². The Morgan fingerprint density at radius 3 is 2.69 bits per heavy atom. The van der Waals surface area contributed by atoms with Crippen LogP contribution in [0.4, 0.5) is 0 Å². The van der Waals surface area contributed by atoms with Gasteiger partial charge in [0.15, 0.2) is 0 Å². The zero-order chi connectivity index (χ0) is 11.5. The lowest BCUT2D eigenvalue weighted by atomic mass is 9.98. The summed E-state index contributed by atoms with van der Waals surface area (Å²) in [6.45, 7) is 6.50. The smallest absolute Gasteiger partial charge is 0.222 e. The van der Waals surface area contributed by atoms with Gasteiger partial charge in [0.05, 0.1) is 0 Å². The summed E-state index contributed by atoms with van der Waals surface area (Å²) in [5, 5.41) is 0. The minimum atomic E-state index is 0.395. The molecule has 2 heterocycles. The van der Waals surface area contributed by atoms with Crippen LogP contribution in [0.25, 0.3) is 0 Å². The first kappa shape index (κ1) is 11.9. The Kier molecular flexibility index (Phi) is 3.85.